The molecule has 2 aliphatic heterocycles. The van der Waals surface area contributed by atoms with Crippen molar-refractivity contribution >= 4 is 35.1 Å². The molecule has 39 heavy (non-hydrogen) atoms. The van der Waals surface area contributed by atoms with Crippen molar-refractivity contribution in [2.45, 2.75) is 31.5 Å². The first-order chi connectivity index (χ1) is 19.0. The number of para-hydroxylation sites is 1. The smallest absolute Gasteiger partial charge is 0.290 e. The molecular weight excluding hydrogens is 496 g/mol. The number of benzodiazepines with no additional fused rings is 1. The van der Waals surface area contributed by atoms with Gasteiger partial charge < -0.3 is 30.3 Å². The predicted molar refractivity (Wildman–Crippen MR) is 150 cm³/mol. The Morgan fingerprint density at radius 1 is 1.05 bits per heavy atom. The fraction of sp³-hybridized carbons (Fsp3) is 0.321. The molecule has 6 N–H and O–H groups in total. The van der Waals surface area contributed by atoms with Crippen LogP contribution in [0.15, 0.2) is 71.4 Å². The molecule has 0 radical (unpaired) electrons. The van der Waals surface area contributed by atoms with Gasteiger partial charge in [0, 0.05) is 36.5 Å². The van der Waals surface area contributed by atoms with Crippen LogP contribution in [0.2, 0.25) is 0 Å². The number of carbonyl (C=O) groups excluding carboxylic acids is 1. The maximum atomic E-state index is 13.1. The Morgan fingerprint density at radius 3 is 2.49 bits per heavy atom. The van der Waals surface area contributed by atoms with Gasteiger partial charge in [0.25, 0.3) is 11.9 Å². The zero-order valence-corrected chi connectivity index (χ0v) is 21.5. The van der Waals surface area contributed by atoms with Gasteiger partial charge in [0.15, 0.2) is 0 Å². The normalized spacial score (nSPS) is 19.4. The standard InChI is InChI=1S/C28H32N8O3/c29-24(36-13-15-38-16-14-36)21(17-32-19-9-6-10-19)25(30)39-28(31)35-26-27(37)33-22-12-5-4-11-20(22)23(34-26)18-7-2-1-3-8-18/h1-5,7-8,11-12,17,19,26,29-30,32H,6,9-10,13-16H2,(H2,31,35)(H,33,37)/b21-17+,29-24?,30-25?. The number of amidine groups is 2. The highest BCUT2D eigenvalue weighted by atomic mass is 16.5. The largest absolute Gasteiger partial charge is 0.407 e. The SMILES string of the molecule is N=C(NC1N=C(c2ccccc2)c2ccccc2NC1=O)OC(=N)/C(=C/NC1CCC1)C(=N)N1CCOCC1. The van der Waals surface area contributed by atoms with Crippen molar-refractivity contribution in [3.63, 3.8) is 0 Å². The van der Waals surface area contributed by atoms with E-state index in [2.05, 4.69) is 20.9 Å². The number of benzene rings is 2. The summed E-state index contributed by atoms with van der Waals surface area (Å²) < 4.78 is 10.9. The van der Waals surface area contributed by atoms with Crippen LogP contribution in [0.1, 0.15) is 30.4 Å². The van der Waals surface area contributed by atoms with Crippen molar-refractivity contribution in [3.05, 3.63) is 77.5 Å². The van der Waals surface area contributed by atoms with E-state index < -0.39 is 18.1 Å². The number of nitrogens with one attached hydrogen (secondary N) is 6. The molecule has 5 rings (SSSR count). The summed E-state index contributed by atoms with van der Waals surface area (Å²) in [7, 11) is 0. The van der Waals surface area contributed by atoms with Crippen LogP contribution in [0.3, 0.4) is 0 Å². The fourth-order valence-electron chi connectivity index (χ4n) is 4.47. The van der Waals surface area contributed by atoms with Crippen LogP contribution in [0.25, 0.3) is 0 Å². The molecule has 2 fully saturated rings. The van der Waals surface area contributed by atoms with Crippen molar-refractivity contribution < 1.29 is 14.3 Å². The van der Waals surface area contributed by atoms with Crippen LogP contribution in [0.5, 0.6) is 0 Å². The number of aliphatic imine (C=N–C) groups is 1. The maximum absolute atomic E-state index is 13.1. The van der Waals surface area contributed by atoms with E-state index in [4.69, 9.17) is 25.7 Å². The van der Waals surface area contributed by atoms with Gasteiger partial charge in [-0.15, -0.1) is 0 Å². The Hall–Kier alpha value is -4.51. The number of fused-ring (bicyclic) bond motifs is 1. The summed E-state index contributed by atoms with van der Waals surface area (Å²) in [4.78, 5) is 19.6. The number of hydrogen-bond acceptors (Lipinski definition) is 8. The van der Waals surface area contributed by atoms with E-state index >= 15 is 0 Å². The minimum Gasteiger partial charge on any atom is -0.407 e. The first-order valence-electron chi connectivity index (χ1n) is 13.0. The van der Waals surface area contributed by atoms with E-state index in [1.165, 1.54) is 0 Å². The van der Waals surface area contributed by atoms with Crippen LogP contribution in [-0.4, -0.2) is 72.8 Å². The number of nitrogens with zero attached hydrogens (tertiary/aromatic N) is 2. The highest BCUT2D eigenvalue weighted by molar-refractivity contribution is 6.21. The van der Waals surface area contributed by atoms with Crippen molar-refractivity contribution in [3.8, 4) is 0 Å². The van der Waals surface area contributed by atoms with Gasteiger partial charge in [0.1, 0.15) is 5.84 Å². The molecule has 11 heteroatoms. The van der Waals surface area contributed by atoms with Crippen LogP contribution in [0.4, 0.5) is 5.69 Å². The molecule has 2 aromatic carbocycles. The van der Waals surface area contributed by atoms with Gasteiger partial charge in [-0.25, -0.2) is 4.99 Å². The minimum absolute atomic E-state index is 0.120. The highest BCUT2D eigenvalue weighted by Crippen LogP contribution is 2.24. The third-order valence-electron chi connectivity index (χ3n) is 6.86. The van der Waals surface area contributed by atoms with Crippen molar-refractivity contribution in [1.29, 1.82) is 16.2 Å². The molecule has 1 unspecified atom stereocenters. The number of carbonyl (C=O) groups is 1. The highest BCUT2D eigenvalue weighted by Gasteiger charge is 2.28. The van der Waals surface area contributed by atoms with Gasteiger partial charge in [-0.2, -0.15) is 0 Å². The maximum Gasteiger partial charge on any atom is 0.290 e. The number of anilines is 1. The minimum atomic E-state index is -1.17. The topological polar surface area (TPSA) is 159 Å². The molecule has 202 valence electrons. The number of morpholine rings is 1. The monoisotopic (exact) mass is 528 g/mol. The lowest BCUT2D eigenvalue weighted by atomic mass is 9.93. The average Bonchev–Trinajstić information content (AvgIpc) is 3.06. The molecule has 1 amide bonds. The van der Waals surface area contributed by atoms with Gasteiger partial charge in [-0.05, 0) is 25.3 Å². The third-order valence-corrected chi connectivity index (χ3v) is 6.86. The second-order valence-corrected chi connectivity index (χ2v) is 9.49. The molecule has 2 heterocycles. The van der Waals surface area contributed by atoms with E-state index in [1.807, 2.05) is 53.4 Å². The number of hydrogen-bond donors (Lipinski definition) is 6. The number of amides is 1. The van der Waals surface area contributed by atoms with E-state index in [0.29, 0.717) is 43.7 Å². The Labute approximate surface area is 226 Å². The van der Waals surface area contributed by atoms with Crippen molar-refractivity contribution in [1.82, 2.24) is 15.5 Å². The first kappa shape index (κ1) is 26.1. The molecule has 1 aliphatic carbocycles. The summed E-state index contributed by atoms with van der Waals surface area (Å²) in [5, 5.41) is 34.5. The third kappa shape index (κ3) is 6.15. The van der Waals surface area contributed by atoms with Gasteiger partial charge in [0.05, 0.1) is 30.2 Å². The molecule has 1 atom stereocenters. The van der Waals surface area contributed by atoms with E-state index in [0.717, 1.165) is 30.4 Å². The first-order valence-corrected chi connectivity index (χ1v) is 13.0. The summed E-state index contributed by atoms with van der Waals surface area (Å²) >= 11 is 0. The molecule has 2 aromatic rings. The average molecular weight is 529 g/mol. The lowest BCUT2D eigenvalue weighted by Crippen LogP contribution is -2.45. The summed E-state index contributed by atoms with van der Waals surface area (Å²) in [6, 6.07) is 16.7. The molecule has 0 spiro atoms. The molecule has 1 saturated carbocycles. The molecule has 0 bridgehead atoms. The summed E-state index contributed by atoms with van der Waals surface area (Å²) in [6.45, 7) is 2.06. The molecule has 1 saturated heterocycles. The lowest BCUT2D eigenvalue weighted by molar-refractivity contribution is -0.117. The van der Waals surface area contributed by atoms with Crippen LogP contribution in [0, 0.1) is 16.2 Å². The van der Waals surface area contributed by atoms with Gasteiger partial charge in [0.2, 0.25) is 12.1 Å². The zero-order chi connectivity index (χ0) is 27.2. The number of ether oxygens (including phenoxy) is 2. The van der Waals surface area contributed by atoms with Crippen LogP contribution < -0.4 is 16.0 Å². The van der Waals surface area contributed by atoms with E-state index in [9.17, 15) is 4.79 Å². The summed E-state index contributed by atoms with van der Waals surface area (Å²) in [5.41, 5.74) is 3.00. The van der Waals surface area contributed by atoms with Crippen molar-refractivity contribution in [2.75, 3.05) is 31.6 Å². The summed E-state index contributed by atoms with van der Waals surface area (Å²) in [6.07, 6.45) is 3.65. The Bertz CT molecular complexity index is 1310. The van der Waals surface area contributed by atoms with Gasteiger partial charge >= 0.3 is 0 Å². The Kier molecular flexibility index (Phi) is 7.97. The summed E-state index contributed by atoms with van der Waals surface area (Å²) in [5.74, 6) is -0.716. The fourth-order valence-corrected chi connectivity index (χ4v) is 4.47. The van der Waals surface area contributed by atoms with Gasteiger partial charge in [-0.1, -0.05) is 48.5 Å². The molecule has 0 aromatic heterocycles. The van der Waals surface area contributed by atoms with Crippen molar-refractivity contribution in [2.24, 2.45) is 4.99 Å². The van der Waals surface area contributed by atoms with Gasteiger partial charge in [-0.3, -0.25) is 21.0 Å². The quantitative estimate of drug-likeness (QED) is 0.250. The van der Waals surface area contributed by atoms with Crippen LogP contribution in [-0.2, 0) is 14.3 Å². The van der Waals surface area contributed by atoms with E-state index in [1.54, 1.807) is 12.3 Å². The van der Waals surface area contributed by atoms with Crippen LogP contribution >= 0.6 is 0 Å². The zero-order valence-electron chi connectivity index (χ0n) is 21.5. The second-order valence-electron chi connectivity index (χ2n) is 9.49. The predicted octanol–water partition coefficient (Wildman–Crippen LogP) is 2.66. The number of rotatable bonds is 6. The molecule has 3 aliphatic rings. The molecular formula is C28H32N8O3. The lowest BCUT2D eigenvalue weighted by Gasteiger charge is -2.31. The second kappa shape index (κ2) is 11.9. The molecule has 11 nitrogen and oxygen atoms in total. The Morgan fingerprint density at radius 2 is 1.77 bits per heavy atom. The Balaban J connectivity index is 1.33. The van der Waals surface area contributed by atoms with E-state index in [-0.39, 0.29) is 17.3 Å².